The van der Waals surface area contributed by atoms with E-state index >= 15 is 0 Å². The normalized spacial score (nSPS) is 19.6. The van der Waals surface area contributed by atoms with Gasteiger partial charge in [0, 0.05) is 45.0 Å². The second kappa shape index (κ2) is 11.3. The number of hydrogen-bond acceptors (Lipinski definition) is 6. The fourth-order valence-corrected chi connectivity index (χ4v) is 5.75. The summed E-state index contributed by atoms with van der Waals surface area (Å²) >= 11 is 13.6. The number of benzene rings is 1. The van der Waals surface area contributed by atoms with Gasteiger partial charge in [0.15, 0.2) is 0 Å². The van der Waals surface area contributed by atoms with Crippen LogP contribution in [-0.2, 0) is 4.74 Å². The van der Waals surface area contributed by atoms with E-state index in [4.69, 9.17) is 32.7 Å². The first kappa shape index (κ1) is 24.5. The number of carbonyl (C=O) groups excluding carboxylic acids is 1. The summed E-state index contributed by atoms with van der Waals surface area (Å²) in [5.74, 6) is 0.821. The number of likely N-dealkylation sites (tertiary alicyclic amines) is 1. The number of ether oxygens (including phenoxy) is 2. The first-order valence-corrected chi connectivity index (χ1v) is 13.4. The molecule has 0 bridgehead atoms. The fraction of sp³-hybridized carbons (Fsp3) is 0.385. The van der Waals surface area contributed by atoms with E-state index in [1.807, 2.05) is 41.3 Å². The van der Waals surface area contributed by atoms with Gasteiger partial charge in [-0.2, -0.15) is 0 Å². The molecule has 0 N–H and O–H groups in total. The van der Waals surface area contributed by atoms with Crippen molar-refractivity contribution in [2.24, 2.45) is 0 Å². The molecule has 35 heavy (non-hydrogen) atoms. The number of pyridine rings is 1. The number of thiophene rings is 1. The number of rotatable bonds is 6. The van der Waals surface area contributed by atoms with Crippen molar-refractivity contribution in [3.05, 3.63) is 69.7 Å². The quantitative estimate of drug-likeness (QED) is 0.420. The Hall–Kier alpha value is -2.16. The smallest absolute Gasteiger partial charge is 0.264 e. The van der Waals surface area contributed by atoms with Crippen LogP contribution in [0.3, 0.4) is 0 Å². The summed E-state index contributed by atoms with van der Waals surface area (Å²) in [7, 11) is 0. The van der Waals surface area contributed by atoms with Crippen LogP contribution in [0.5, 0.6) is 5.75 Å². The van der Waals surface area contributed by atoms with Crippen LogP contribution >= 0.6 is 34.5 Å². The molecule has 5 rings (SSSR count). The number of piperidine rings is 1. The van der Waals surface area contributed by atoms with Crippen LogP contribution in [0.4, 0.5) is 0 Å². The number of carbonyl (C=O) groups is 1. The van der Waals surface area contributed by atoms with Crippen molar-refractivity contribution in [2.75, 3.05) is 39.3 Å². The molecule has 1 amide bonds. The van der Waals surface area contributed by atoms with Crippen molar-refractivity contribution in [1.82, 2.24) is 14.8 Å². The molecule has 2 saturated heterocycles. The predicted octanol–water partition coefficient (Wildman–Crippen LogP) is 5.50. The second-order valence-electron chi connectivity index (χ2n) is 8.82. The zero-order valence-corrected chi connectivity index (χ0v) is 21.6. The van der Waals surface area contributed by atoms with Gasteiger partial charge in [-0.1, -0.05) is 29.3 Å². The van der Waals surface area contributed by atoms with Gasteiger partial charge in [0.25, 0.3) is 5.91 Å². The zero-order chi connectivity index (χ0) is 24.2. The standard InChI is InChI=1S/C26H27Cl2N3O3S/c27-21-5-4-19(15-22(21)28)34-18-8-11-30(12-9-18)16-20-17-31(13-14-33-20)26(32)25-7-6-24(35-25)23-3-1-2-10-29-23/h1-7,10,15,18,20H,8-9,11-14,16-17H2. The van der Waals surface area contributed by atoms with E-state index in [2.05, 4.69) is 9.88 Å². The number of aromatic nitrogens is 1. The van der Waals surface area contributed by atoms with Gasteiger partial charge in [-0.3, -0.25) is 9.78 Å². The molecule has 3 aromatic rings. The van der Waals surface area contributed by atoms with Gasteiger partial charge in [-0.25, -0.2) is 0 Å². The molecule has 1 atom stereocenters. The molecular weight excluding hydrogens is 505 g/mol. The van der Waals surface area contributed by atoms with Crippen LogP contribution in [0, 0.1) is 0 Å². The van der Waals surface area contributed by atoms with E-state index in [9.17, 15) is 4.79 Å². The second-order valence-corrected chi connectivity index (χ2v) is 10.7. The van der Waals surface area contributed by atoms with Crippen molar-refractivity contribution in [3.8, 4) is 16.3 Å². The van der Waals surface area contributed by atoms with Crippen molar-refractivity contribution >= 4 is 40.4 Å². The largest absolute Gasteiger partial charge is 0.490 e. The lowest BCUT2D eigenvalue weighted by atomic mass is 10.1. The lowest BCUT2D eigenvalue weighted by Gasteiger charge is -2.38. The van der Waals surface area contributed by atoms with E-state index in [-0.39, 0.29) is 18.1 Å². The average molecular weight is 532 g/mol. The molecular formula is C26H27Cl2N3O3S. The molecule has 2 fully saturated rings. The number of nitrogens with zero attached hydrogens (tertiary/aromatic N) is 3. The molecule has 2 aromatic heterocycles. The fourth-order valence-electron chi connectivity index (χ4n) is 4.51. The Bertz CT molecular complexity index is 1150. The number of halogens is 2. The lowest BCUT2D eigenvalue weighted by molar-refractivity contribution is -0.0413. The molecule has 2 aliphatic rings. The molecule has 0 radical (unpaired) electrons. The van der Waals surface area contributed by atoms with Crippen LogP contribution in [0.15, 0.2) is 54.7 Å². The molecule has 1 aromatic carbocycles. The van der Waals surface area contributed by atoms with Gasteiger partial charge >= 0.3 is 0 Å². The summed E-state index contributed by atoms with van der Waals surface area (Å²) < 4.78 is 12.1. The third-order valence-electron chi connectivity index (χ3n) is 6.35. The molecule has 2 aliphatic heterocycles. The van der Waals surface area contributed by atoms with Crippen molar-refractivity contribution in [1.29, 1.82) is 0 Å². The maximum Gasteiger partial charge on any atom is 0.264 e. The number of hydrogen-bond donors (Lipinski definition) is 0. The first-order valence-electron chi connectivity index (χ1n) is 11.8. The van der Waals surface area contributed by atoms with Crippen LogP contribution in [0.2, 0.25) is 10.0 Å². The van der Waals surface area contributed by atoms with Gasteiger partial charge in [-0.05, 0) is 49.2 Å². The summed E-state index contributed by atoms with van der Waals surface area (Å²) in [6.45, 7) is 4.45. The van der Waals surface area contributed by atoms with Gasteiger partial charge in [0.05, 0.1) is 38.2 Å². The van der Waals surface area contributed by atoms with Crippen molar-refractivity contribution in [3.63, 3.8) is 0 Å². The minimum atomic E-state index is 0.00969. The van der Waals surface area contributed by atoms with E-state index in [1.165, 1.54) is 11.3 Å². The Kier molecular flexibility index (Phi) is 7.90. The molecule has 184 valence electrons. The predicted molar refractivity (Wildman–Crippen MR) is 140 cm³/mol. The van der Waals surface area contributed by atoms with Gasteiger partial charge in [-0.15, -0.1) is 11.3 Å². The van der Waals surface area contributed by atoms with Crippen LogP contribution in [0.25, 0.3) is 10.6 Å². The molecule has 0 saturated carbocycles. The van der Waals surface area contributed by atoms with E-state index < -0.39 is 0 Å². The van der Waals surface area contributed by atoms with Crippen LogP contribution < -0.4 is 4.74 Å². The highest BCUT2D eigenvalue weighted by Gasteiger charge is 2.29. The third kappa shape index (κ3) is 6.16. The Labute approximate surface area is 219 Å². The van der Waals surface area contributed by atoms with E-state index in [1.54, 1.807) is 18.3 Å². The Balaban J connectivity index is 1.11. The molecule has 4 heterocycles. The van der Waals surface area contributed by atoms with E-state index in [0.717, 1.165) is 53.7 Å². The van der Waals surface area contributed by atoms with Gasteiger partial charge in [0.1, 0.15) is 11.9 Å². The van der Waals surface area contributed by atoms with Crippen LogP contribution in [-0.4, -0.2) is 72.2 Å². The summed E-state index contributed by atoms with van der Waals surface area (Å²) in [6, 6.07) is 15.1. The summed E-state index contributed by atoms with van der Waals surface area (Å²) in [5.41, 5.74) is 0.892. The summed E-state index contributed by atoms with van der Waals surface area (Å²) in [5, 5.41) is 1.03. The summed E-state index contributed by atoms with van der Waals surface area (Å²) in [4.78, 5) is 23.6. The number of amides is 1. The highest BCUT2D eigenvalue weighted by molar-refractivity contribution is 7.17. The highest BCUT2D eigenvalue weighted by Crippen LogP contribution is 2.29. The minimum Gasteiger partial charge on any atom is -0.490 e. The van der Waals surface area contributed by atoms with E-state index in [0.29, 0.717) is 29.7 Å². The van der Waals surface area contributed by atoms with Gasteiger partial charge < -0.3 is 19.3 Å². The molecule has 0 spiro atoms. The monoisotopic (exact) mass is 531 g/mol. The maximum atomic E-state index is 13.2. The molecule has 6 nitrogen and oxygen atoms in total. The topological polar surface area (TPSA) is 54.9 Å². The Morgan fingerprint density at radius 2 is 1.94 bits per heavy atom. The summed E-state index contributed by atoms with van der Waals surface area (Å²) in [6.07, 6.45) is 3.80. The average Bonchev–Trinajstić information content (AvgIpc) is 3.38. The zero-order valence-electron chi connectivity index (χ0n) is 19.2. The Morgan fingerprint density at radius 1 is 1.09 bits per heavy atom. The van der Waals surface area contributed by atoms with Crippen LogP contribution in [0.1, 0.15) is 22.5 Å². The van der Waals surface area contributed by atoms with Crippen molar-refractivity contribution < 1.29 is 14.3 Å². The van der Waals surface area contributed by atoms with Gasteiger partial charge in [0.2, 0.25) is 0 Å². The van der Waals surface area contributed by atoms with Crippen molar-refractivity contribution in [2.45, 2.75) is 25.0 Å². The third-order valence-corrected chi connectivity index (χ3v) is 8.19. The molecule has 0 aliphatic carbocycles. The first-order chi connectivity index (χ1) is 17.0. The number of morpholine rings is 1. The maximum absolute atomic E-state index is 13.2. The highest BCUT2D eigenvalue weighted by atomic mass is 35.5. The SMILES string of the molecule is O=C(c1ccc(-c2ccccn2)s1)N1CCOC(CN2CCC(Oc3ccc(Cl)c(Cl)c3)CC2)C1. The lowest BCUT2D eigenvalue weighted by Crippen LogP contribution is -2.51. The molecule has 9 heteroatoms. The minimum absolute atomic E-state index is 0.00969. The molecule has 1 unspecified atom stereocenters. The Morgan fingerprint density at radius 3 is 2.71 bits per heavy atom.